The fraction of sp³-hybridized carbons (Fsp3) is 0.429. The molecule has 0 aliphatic carbocycles. The SMILES string of the molecule is CC(C)(C)C/C=C/CSc1ccccc1. The van der Waals surface area contributed by atoms with E-state index in [4.69, 9.17) is 0 Å². The fourth-order valence-corrected chi connectivity index (χ4v) is 1.94. The van der Waals surface area contributed by atoms with E-state index in [0.29, 0.717) is 5.41 Å². The standard InChI is InChI=1S/C14H20S/c1-14(2,3)11-7-8-12-15-13-9-5-4-6-10-13/h4-10H,11-12H2,1-3H3/b8-7+. The third-order valence-corrected chi connectivity index (χ3v) is 2.95. The van der Waals surface area contributed by atoms with Gasteiger partial charge in [0.1, 0.15) is 0 Å². The first-order valence-corrected chi connectivity index (χ1v) is 6.39. The highest BCUT2D eigenvalue weighted by molar-refractivity contribution is 7.99. The van der Waals surface area contributed by atoms with Gasteiger partial charge in [-0.1, -0.05) is 51.1 Å². The second-order valence-electron chi connectivity index (χ2n) is 4.86. The predicted molar refractivity (Wildman–Crippen MR) is 70.4 cm³/mol. The van der Waals surface area contributed by atoms with Gasteiger partial charge in [-0.2, -0.15) is 0 Å². The maximum absolute atomic E-state index is 2.29. The van der Waals surface area contributed by atoms with Gasteiger partial charge in [0.05, 0.1) is 0 Å². The van der Waals surface area contributed by atoms with Crippen LogP contribution in [0.3, 0.4) is 0 Å². The molecule has 0 bridgehead atoms. The molecule has 0 atom stereocenters. The number of allylic oxidation sites excluding steroid dienone is 1. The summed E-state index contributed by atoms with van der Waals surface area (Å²) in [6.45, 7) is 6.80. The Kier molecular flexibility index (Phi) is 4.97. The van der Waals surface area contributed by atoms with E-state index in [9.17, 15) is 0 Å². The molecule has 0 aliphatic heterocycles. The molecule has 0 radical (unpaired) electrons. The van der Waals surface area contributed by atoms with E-state index in [0.717, 1.165) is 12.2 Å². The summed E-state index contributed by atoms with van der Waals surface area (Å²) in [5, 5.41) is 0. The minimum atomic E-state index is 0.411. The van der Waals surface area contributed by atoms with Crippen molar-refractivity contribution in [2.24, 2.45) is 5.41 Å². The average Bonchev–Trinajstić information content (AvgIpc) is 2.17. The zero-order valence-electron chi connectivity index (χ0n) is 9.86. The Balaban J connectivity index is 2.22. The first-order valence-electron chi connectivity index (χ1n) is 5.41. The Morgan fingerprint density at radius 2 is 1.73 bits per heavy atom. The summed E-state index contributed by atoms with van der Waals surface area (Å²) in [5.74, 6) is 1.07. The summed E-state index contributed by atoms with van der Waals surface area (Å²) in [6, 6.07) is 10.5. The van der Waals surface area contributed by atoms with Gasteiger partial charge in [-0.05, 0) is 24.0 Å². The van der Waals surface area contributed by atoms with Crippen LogP contribution in [0.25, 0.3) is 0 Å². The monoisotopic (exact) mass is 220 g/mol. The maximum atomic E-state index is 2.29. The largest absolute Gasteiger partial charge is 0.122 e. The third-order valence-electron chi connectivity index (χ3n) is 1.99. The van der Waals surface area contributed by atoms with Crippen molar-refractivity contribution < 1.29 is 0 Å². The molecule has 1 aromatic carbocycles. The Labute approximate surface area is 97.8 Å². The quantitative estimate of drug-likeness (QED) is 0.520. The van der Waals surface area contributed by atoms with Gasteiger partial charge in [0, 0.05) is 10.6 Å². The van der Waals surface area contributed by atoms with Crippen LogP contribution >= 0.6 is 11.8 Å². The second-order valence-corrected chi connectivity index (χ2v) is 5.95. The molecule has 0 saturated heterocycles. The Morgan fingerprint density at radius 3 is 2.33 bits per heavy atom. The number of rotatable bonds is 4. The van der Waals surface area contributed by atoms with Crippen LogP contribution < -0.4 is 0 Å². The Morgan fingerprint density at radius 1 is 1.07 bits per heavy atom. The summed E-state index contributed by atoms with van der Waals surface area (Å²) >= 11 is 1.88. The van der Waals surface area contributed by atoms with E-state index in [1.54, 1.807) is 0 Å². The lowest BCUT2D eigenvalue weighted by Gasteiger charge is -2.14. The molecule has 0 fully saturated rings. The summed E-state index contributed by atoms with van der Waals surface area (Å²) in [6.07, 6.45) is 5.71. The summed E-state index contributed by atoms with van der Waals surface area (Å²) in [4.78, 5) is 1.35. The van der Waals surface area contributed by atoms with E-state index in [-0.39, 0.29) is 0 Å². The van der Waals surface area contributed by atoms with Crippen LogP contribution in [0.4, 0.5) is 0 Å². The molecule has 15 heavy (non-hydrogen) atoms. The van der Waals surface area contributed by atoms with Crippen LogP contribution in [-0.4, -0.2) is 5.75 Å². The van der Waals surface area contributed by atoms with Gasteiger partial charge in [-0.3, -0.25) is 0 Å². The lowest BCUT2D eigenvalue weighted by Crippen LogP contribution is -2.01. The van der Waals surface area contributed by atoms with Gasteiger partial charge in [0.2, 0.25) is 0 Å². The van der Waals surface area contributed by atoms with Crippen molar-refractivity contribution in [2.45, 2.75) is 32.1 Å². The van der Waals surface area contributed by atoms with Crippen LogP contribution in [-0.2, 0) is 0 Å². The van der Waals surface area contributed by atoms with E-state index < -0.39 is 0 Å². The highest BCUT2D eigenvalue weighted by atomic mass is 32.2. The molecule has 0 spiro atoms. The minimum Gasteiger partial charge on any atom is -0.122 e. The van der Waals surface area contributed by atoms with E-state index in [2.05, 4.69) is 63.3 Å². The Hall–Kier alpha value is -0.690. The summed E-state index contributed by atoms with van der Waals surface area (Å²) in [5.41, 5.74) is 0.411. The van der Waals surface area contributed by atoms with Crippen molar-refractivity contribution in [3.63, 3.8) is 0 Å². The molecule has 0 amide bonds. The minimum absolute atomic E-state index is 0.411. The van der Waals surface area contributed by atoms with Crippen molar-refractivity contribution in [3.8, 4) is 0 Å². The first-order chi connectivity index (χ1) is 7.08. The third kappa shape index (κ3) is 6.40. The van der Waals surface area contributed by atoms with Gasteiger partial charge >= 0.3 is 0 Å². The van der Waals surface area contributed by atoms with E-state index >= 15 is 0 Å². The van der Waals surface area contributed by atoms with Crippen molar-refractivity contribution in [1.29, 1.82) is 0 Å². The van der Waals surface area contributed by atoms with E-state index in [1.807, 2.05) is 11.8 Å². The van der Waals surface area contributed by atoms with Crippen molar-refractivity contribution in [3.05, 3.63) is 42.5 Å². The predicted octanol–water partition coefficient (Wildman–Crippen LogP) is 4.77. The van der Waals surface area contributed by atoms with Gasteiger partial charge in [0.15, 0.2) is 0 Å². The van der Waals surface area contributed by atoms with Gasteiger partial charge in [-0.15, -0.1) is 11.8 Å². The number of benzene rings is 1. The maximum Gasteiger partial charge on any atom is 0.0160 e. The van der Waals surface area contributed by atoms with Crippen LogP contribution in [0.5, 0.6) is 0 Å². The topological polar surface area (TPSA) is 0 Å². The van der Waals surface area contributed by atoms with Crippen LogP contribution in [0.15, 0.2) is 47.4 Å². The van der Waals surface area contributed by atoms with E-state index in [1.165, 1.54) is 4.90 Å². The molecule has 1 heteroatoms. The molecule has 0 heterocycles. The zero-order valence-corrected chi connectivity index (χ0v) is 10.7. The van der Waals surface area contributed by atoms with Gasteiger partial charge in [-0.25, -0.2) is 0 Å². The van der Waals surface area contributed by atoms with Crippen LogP contribution in [0, 0.1) is 5.41 Å². The molecular formula is C14H20S. The van der Waals surface area contributed by atoms with Crippen LogP contribution in [0.1, 0.15) is 27.2 Å². The lowest BCUT2D eigenvalue weighted by molar-refractivity contribution is 0.420. The summed E-state index contributed by atoms with van der Waals surface area (Å²) < 4.78 is 0. The highest BCUT2D eigenvalue weighted by Crippen LogP contribution is 2.20. The molecule has 0 nitrogen and oxygen atoms in total. The fourth-order valence-electron chi connectivity index (χ4n) is 1.17. The lowest BCUT2D eigenvalue weighted by atomic mass is 9.92. The number of hydrogen-bond acceptors (Lipinski definition) is 1. The normalized spacial score (nSPS) is 12.2. The summed E-state index contributed by atoms with van der Waals surface area (Å²) in [7, 11) is 0. The molecular weight excluding hydrogens is 200 g/mol. The second kappa shape index (κ2) is 6.02. The van der Waals surface area contributed by atoms with Gasteiger partial charge in [0.25, 0.3) is 0 Å². The smallest absolute Gasteiger partial charge is 0.0160 e. The number of thioether (sulfide) groups is 1. The highest BCUT2D eigenvalue weighted by Gasteiger charge is 2.05. The molecule has 1 aromatic rings. The number of hydrogen-bond donors (Lipinski definition) is 0. The van der Waals surface area contributed by atoms with Crippen molar-refractivity contribution >= 4 is 11.8 Å². The molecule has 82 valence electrons. The van der Waals surface area contributed by atoms with Crippen molar-refractivity contribution in [2.75, 3.05) is 5.75 Å². The molecule has 0 aromatic heterocycles. The molecule has 0 saturated carbocycles. The van der Waals surface area contributed by atoms with Crippen molar-refractivity contribution in [1.82, 2.24) is 0 Å². The molecule has 1 rings (SSSR count). The van der Waals surface area contributed by atoms with Gasteiger partial charge < -0.3 is 0 Å². The molecule has 0 aliphatic rings. The first kappa shape index (κ1) is 12.4. The molecule has 0 N–H and O–H groups in total. The Bertz CT molecular complexity index is 293. The van der Waals surface area contributed by atoms with Crippen LogP contribution in [0.2, 0.25) is 0 Å². The average molecular weight is 220 g/mol. The molecule has 0 unspecified atom stereocenters. The zero-order chi connectivity index (χ0) is 11.1.